The molecule has 0 aliphatic carbocycles. The highest BCUT2D eigenvalue weighted by Gasteiger charge is 2.02. The molecule has 2 N–H and O–H groups in total. The predicted molar refractivity (Wildman–Crippen MR) is 89.4 cm³/mol. The Morgan fingerprint density at radius 1 is 0.900 bits per heavy atom. The number of aryl methyl sites for hydroxylation is 2. The second-order valence-corrected chi connectivity index (χ2v) is 5.59. The van der Waals surface area contributed by atoms with Crippen LogP contribution in [0.1, 0.15) is 11.1 Å². The van der Waals surface area contributed by atoms with E-state index in [1.807, 2.05) is 12.1 Å². The van der Waals surface area contributed by atoms with Crippen LogP contribution in [-0.2, 0) is 0 Å². The first kappa shape index (κ1) is 15.0. The van der Waals surface area contributed by atoms with Crippen molar-refractivity contribution in [3.63, 3.8) is 0 Å². The van der Waals surface area contributed by atoms with E-state index >= 15 is 0 Å². The van der Waals surface area contributed by atoms with Crippen LogP contribution in [0.4, 0.5) is 11.4 Å². The first-order valence-electron chi connectivity index (χ1n) is 6.57. The minimum atomic E-state index is 0.643. The molecule has 0 unspecified atom stereocenters. The van der Waals surface area contributed by atoms with Crippen molar-refractivity contribution in [2.45, 2.75) is 13.8 Å². The number of halogens is 2. The lowest BCUT2D eigenvalue weighted by Crippen LogP contribution is -2.15. The number of benzene rings is 2. The standard InChI is InChI=1S/C16H18Cl2N2/c1-11-4-3-5-12(2)16(11)20-9-8-19-15-7-6-13(17)10-14(15)18/h3-7,10,19-20H,8-9H2,1-2H3. The van der Waals surface area contributed by atoms with Gasteiger partial charge in [-0.1, -0.05) is 41.4 Å². The molecule has 2 aromatic carbocycles. The Morgan fingerprint density at radius 3 is 2.20 bits per heavy atom. The van der Waals surface area contributed by atoms with Crippen LogP contribution >= 0.6 is 23.2 Å². The molecule has 0 aliphatic heterocycles. The Morgan fingerprint density at radius 2 is 1.55 bits per heavy atom. The van der Waals surface area contributed by atoms with Gasteiger partial charge in [0.25, 0.3) is 0 Å². The van der Waals surface area contributed by atoms with Gasteiger partial charge in [-0.3, -0.25) is 0 Å². The van der Waals surface area contributed by atoms with E-state index in [0.717, 1.165) is 18.8 Å². The Hall–Kier alpha value is -1.38. The molecule has 0 radical (unpaired) electrons. The largest absolute Gasteiger partial charge is 0.383 e. The molecule has 20 heavy (non-hydrogen) atoms. The van der Waals surface area contributed by atoms with Crippen molar-refractivity contribution in [2.24, 2.45) is 0 Å². The monoisotopic (exact) mass is 308 g/mol. The van der Waals surface area contributed by atoms with Crippen LogP contribution in [0.5, 0.6) is 0 Å². The van der Waals surface area contributed by atoms with Crippen molar-refractivity contribution in [1.82, 2.24) is 0 Å². The van der Waals surface area contributed by atoms with Gasteiger partial charge in [-0.2, -0.15) is 0 Å². The summed E-state index contributed by atoms with van der Waals surface area (Å²) in [6.07, 6.45) is 0. The molecule has 2 aromatic rings. The maximum Gasteiger partial charge on any atom is 0.0652 e. The SMILES string of the molecule is Cc1cccc(C)c1NCCNc1ccc(Cl)cc1Cl. The van der Waals surface area contributed by atoms with E-state index in [0.29, 0.717) is 10.0 Å². The Balaban J connectivity index is 1.88. The molecule has 0 heterocycles. The summed E-state index contributed by atoms with van der Waals surface area (Å²) in [5.41, 5.74) is 4.62. The topological polar surface area (TPSA) is 24.1 Å². The zero-order valence-electron chi connectivity index (χ0n) is 11.6. The van der Waals surface area contributed by atoms with Gasteiger partial charge in [0, 0.05) is 23.8 Å². The Bertz CT molecular complexity index is 577. The van der Waals surface area contributed by atoms with E-state index < -0.39 is 0 Å². The van der Waals surface area contributed by atoms with Gasteiger partial charge in [-0.15, -0.1) is 0 Å². The van der Waals surface area contributed by atoms with E-state index in [-0.39, 0.29) is 0 Å². The van der Waals surface area contributed by atoms with Crippen molar-refractivity contribution >= 4 is 34.6 Å². The third kappa shape index (κ3) is 3.81. The fourth-order valence-electron chi connectivity index (χ4n) is 2.11. The van der Waals surface area contributed by atoms with E-state index in [1.165, 1.54) is 16.8 Å². The fraction of sp³-hybridized carbons (Fsp3) is 0.250. The first-order chi connectivity index (χ1) is 9.58. The number of nitrogens with one attached hydrogen (secondary N) is 2. The van der Waals surface area contributed by atoms with Crippen LogP contribution in [0.25, 0.3) is 0 Å². The van der Waals surface area contributed by atoms with Gasteiger partial charge in [0.05, 0.1) is 10.7 Å². The number of hydrogen-bond acceptors (Lipinski definition) is 2. The molecule has 106 valence electrons. The Kier molecular flexibility index (Phi) is 5.16. The van der Waals surface area contributed by atoms with Crippen LogP contribution in [0, 0.1) is 13.8 Å². The van der Waals surface area contributed by atoms with Crippen molar-refractivity contribution < 1.29 is 0 Å². The predicted octanol–water partition coefficient (Wildman–Crippen LogP) is 5.13. The number of para-hydroxylation sites is 1. The molecule has 4 heteroatoms. The van der Waals surface area contributed by atoms with Gasteiger partial charge in [-0.05, 0) is 43.2 Å². The summed E-state index contributed by atoms with van der Waals surface area (Å²) in [4.78, 5) is 0. The summed E-state index contributed by atoms with van der Waals surface area (Å²) >= 11 is 12.0. The van der Waals surface area contributed by atoms with E-state index in [9.17, 15) is 0 Å². The van der Waals surface area contributed by atoms with Gasteiger partial charge in [0.15, 0.2) is 0 Å². The fourth-order valence-corrected chi connectivity index (χ4v) is 2.59. The average Bonchev–Trinajstić information content (AvgIpc) is 2.39. The zero-order chi connectivity index (χ0) is 14.5. The summed E-state index contributed by atoms with van der Waals surface area (Å²) < 4.78 is 0. The van der Waals surface area contributed by atoms with E-state index in [4.69, 9.17) is 23.2 Å². The van der Waals surface area contributed by atoms with Crippen LogP contribution in [0.15, 0.2) is 36.4 Å². The van der Waals surface area contributed by atoms with E-state index in [2.05, 4.69) is 42.7 Å². The third-order valence-corrected chi connectivity index (χ3v) is 3.70. The van der Waals surface area contributed by atoms with Crippen molar-refractivity contribution in [1.29, 1.82) is 0 Å². The molecule has 0 aromatic heterocycles. The lowest BCUT2D eigenvalue weighted by molar-refractivity contribution is 1.07. The molecule has 0 spiro atoms. The van der Waals surface area contributed by atoms with Crippen LogP contribution in [0.3, 0.4) is 0 Å². The molecule has 0 atom stereocenters. The minimum Gasteiger partial charge on any atom is -0.383 e. The molecule has 2 rings (SSSR count). The number of anilines is 2. The van der Waals surface area contributed by atoms with Gasteiger partial charge in [-0.25, -0.2) is 0 Å². The molecule has 0 amide bonds. The highest BCUT2D eigenvalue weighted by molar-refractivity contribution is 6.36. The number of rotatable bonds is 5. The highest BCUT2D eigenvalue weighted by Crippen LogP contribution is 2.25. The van der Waals surface area contributed by atoms with Crippen LogP contribution in [-0.4, -0.2) is 13.1 Å². The Labute approximate surface area is 130 Å². The third-order valence-electron chi connectivity index (χ3n) is 3.15. The molecule has 0 aliphatic rings. The van der Waals surface area contributed by atoms with Gasteiger partial charge >= 0.3 is 0 Å². The van der Waals surface area contributed by atoms with Crippen LogP contribution < -0.4 is 10.6 Å². The molecular weight excluding hydrogens is 291 g/mol. The summed E-state index contributed by atoms with van der Waals surface area (Å²) in [6.45, 7) is 5.83. The van der Waals surface area contributed by atoms with E-state index in [1.54, 1.807) is 6.07 Å². The molecule has 0 saturated heterocycles. The lowest BCUT2D eigenvalue weighted by atomic mass is 10.1. The lowest BCUT2D eigenvalue weighted by Gasteiger charge is -2.14. The maximum atomic E-state index is 6.11. The summed E-state index contributed by atoms with van der Waals surface area (Å²) in [5, 5.41) is 8.04. The summed E-state index contributed by atoms with van der Waals surface area (Å²) in [7, 11) is 0. The van der Waals surface area contributed by atoms with Crippen molar-refractivity contribution in [2.75, 3.05) is 23.7 Å². The maximum absolute atomic E-state index is 6.11. The summed E-state index contributed by atoms with van der Waals surface area (Å²) in [6, 6.07) is 11.8. The highest BCUT2D eigenvalue weighted by atomic mass is 35.5. The number of hydrogen-bond donors (Lipinski definition) is 2. The van der Waals surface area contributed by atoms with Gasteiger partial charge in [0.1, 0.15) is 0 Å². The van der Waals surface area contributed by atoms with Crippen LogP contribution in [0.2, 0.25) is 10.0 Å². The molecule has 2 nitrogen and oxygen atoms in total. The van der Waals surface area contributed by atoms with Gasteiger partial charge in [0.2, 0.25) is 0 Å². The first-order valence-corrected chi connectivity index (χ1v) is 7.32. The quantitative estimate of drug-likeness (QED) is 0.748. The molecular formula is C16H18Cl2N2. The average molecular weight is 309 g/mol. The van der Waals surface area contributed by atoms with Crippen molar-refractivity contribution in [3.8, 4) is 0 Å². The second kappa shape index (κ2) is 6.87. The van der Waals surface area contributed by atoms with Crippen molar-refractivity contribution in [3.05, 3.63) is 57.6 Å². The molecule has 0 bridgehead atoms. The smallest absolute Gasteiger partial charge is 0.0652 e. The molecule has 0 saturated carbocycles. The van der Waals surface area contributed by atoms with Gasteiger partial charge < -0.3 is 10.6 Å². The zero-order valence-corrected chi connectivity index (χ0v) is 13.1. The second-order valence-electron chi connectivity index (χ2n) is 4.74. The molecule has 0 fully saturated rings. The summed E-state index contributed by atoms with van der Waals surface area (Å²) in [5.74, 6) is 0. The normalized spacial score (nSPS) is 10.4. The minimum absolute atomic E-state index is 0.643.